The van der Waals surface area contributed by atoms with Gasteiger partial charge < -0.3 is 31.5 Å². The summed E-state index contributed by atoms with van der Waals surface area (Å²) in [5.74, 6) is -0.0966. The molecule has 2 atom stereocenters. The van der Waals surface area contributed by atoms with E-state index in [1.165, 1.54) is 0 Å². The maximum absolute atomic E-state index is 13.1. The highest BCUT2D eigenvalue weighted by atomic mass is 28.4. The highest BCUT2D eigenvalue weighted by Gasteiger charge is 2.59. The van der Waals surface area contributed by atoms with Gasteiger partial charge >= 0.3 is 17.6 Å². The molecule has 30 heavy (non-hydrogen) atoms. The van der Waals surface area contributed by atoms with Crippen LogP contribution in [-0.2, 0) is 31.4 Å². The summed E-state index contributed by atoms with van der Waals surface area (Å²) < 4.78 is 37.1. The molecule has 8 nitrogen and oxygen atoms in total. The predicted octanol–water partition coefficient (Wildman–Crippen LogP) is 3.57. The molecule has 0 aromatic carbocycles. The van der Waals surface area contributed by atoms with Gasteiger partial charge in [-0.3, -0.25) is 4.79 Å². The maximum atomic E-state index is 13.1. The van der Waals surface area contributed by atoms with Crippen LogP contribution in [0.15, 0.2) is 0 Å². The van der Waals surface area contributed by atoms with Crippen molar-refractivity contribution in [1.82, 2.24) is 4.90 Å². The van der Waals surface area contributed by atoms with E-state index in [1.807, 2.05) is 60.3 Å². The molecule has 0 heterocycles. The Hall–Kier alpha value is -0.336. The van der Waals surface area contributed by atoms with E-state index >= 15 is 0 Å². The van der Waals surface area contributed by atoms with Gasteiger partial charge in [0.15, 0.2) is 0 Å². The highest BCUT2D eigenvalue weighted by molar-refractivity contribution is 6.65. The molecule has 0 aromatic rings. The second-order valence-corrected chi connectivity index (χ2v) is 12.1. The number of hydrogen-bond acceptors (Lipinski definition) is 7. The molecular formula is C20H45NO7Si2. The molecule has 0 radical (unpaired) electrons. The van der Waals surface area contributed by atoms with E-state index in [1.54, 1.807) is 6.92 Å². The summed E-state index contributed by atoms with van der Waals surface area (Å²) in [4.78, 5) is 14.9. The first kappa shape index (κ1) is 29.7. The van der Waals surface area contributed by atoms with Gasteiger partial charge in [-0.2, -0.15) is 0 Å². The van der Waals surface area contributed by atoms with Gasteiger partial charge in [0.2, 0.25) is 5.91 Å². The molecule has 0 N–H and O–H groups in total. The molecule has 0 aliphatic carbocycles. The molecule has 180 valence electrons. The lowest BCUT2D eigenvalue weighted by Gasteiger charge is -2.47. The Balaban J connectivity index is 6.60. The zero-order valence-electron chi connectivity index (χ0n) is 20.6. The molecule has 10 heteroatoms. The average Bonchev–Trinajstić information content (AvgIpc) is 2.69. The summed E-state index contributed by atoms with van der Waals surface area (Å²) in [5.41, 5.74) is -0.735. The highest BCUT2D eigenvalue weighted by Crippen LogP contribution is 2.31. The zero-order valence-corrected chi connectivity index (χ0v) is 22.6. The van der Waals surface area contributed by atoms with Gasteiger partial charge in [0.05, 0.1) is 0 Å². The van der Waals surface area contributed by atoms with Crippen LogP contribution in [0.5, 0.6) is 0 Å². The van der Waals surface area contributed by atoms with Crippen molar-refractivity contribution in [3.05, 3.63) is 0 Å². The minimum absolute atomic E-state index is 0.0966. The molecule has 0 aliphatic rings. The average molecular weight is 468 g/mol. The maximum Gasteiger partial charge on any atom is 0.524 e. The Morgan fingerprint density at radius 2 is 0.833 bits per heavy atom. The van der Waals surface area contributed by atoms with E-state index in [0.717, 1.165) is 0 Å². The van der Waals surface area contributed by atoms with E-state index < -0.39 is 17.6 Å². The van der Waals surface area contributed by atoms with E-state index in [2.05, 4.69) is 0 Å². The van der Waals surface area contributed by atoms with Crippen molar-refractivity contribution >= 4 is 23.5 Å². The molecule has 1 amide bonds. The summed E-state index contributed by atoms with van der Waals surface area (Å²) in [6, 6.07) is 0. The monoisotopic (exact) mass is 467 g/mol. The third-order valence-electron chi connectivity index (χ3n) is 4.70. The van der Waals surface area contributed by atoms with E-state index in [0.29, 0.717) is 52.5 Å². The Morgan fingerprint density at radius 3 is 0.967 bits per heavy atom. The molecular weight excluding hydrogens is 422 g/mol. The molecule has 0 bridgehead atoms. The fourth-order valence-electron chi connectivity index (χ4n) is 3.92. The summed E-state index contributed by atoms with van der Waals surface area (Å²) in [5, 5.41) is 0. The molecule has 0 saturated carbocycles. The van der Waals surface area contributed by atoms with Gasteiger partial charge in [0.1, 0.15) is 11.3 Å². The summed E-state index contributed by atoms with van der Waals surface area (Å²) in [6.45, 7) is 19.8. The van der Waals surface area contributed by atoms with Crippen molar-refractivity contribution in [1.29, 1.82) is 0 Å². The second-order valence-electron chi connectivity index (χ2n) is 6.58. The molecule has 0 spiro atoms. The number of amides is 1. The number of carbonyl (C=O) groups excluding carboxylic acids is 1. The lowest BCUT2D eigenvalue weighted by Crippen LogP contribution is -2.71. The fraction of sp³-hybridized carbons (Fsp3) is 0.950. The Bertz CT molecular complexity index is 402. The Kier molecular flexibility index (Phi) is 15.3. The van der Waals surface area contributed by atoms with Gasteiger partial charge in [-0.25, -0.2) is 0 Å². The van der Waals surface area contributed by atoms with Crippen LogP contribution >= 0.6 is 0 Å². The van der Waals surface area contributed by atoms with Crippen LogP contribution in [0, 0.1) is 0 Å². The topological polar surface area (TPSA) is 75.7 Å². The van der Waals surface area contributed by atoms with Crippen molar-refractivity contribution in [2.24, 2.45) is 0 Å². The van der Waals surface area contributed by atoms with Crippen molar-refractivity contribution in [2.75, 3.05) is 39.6 Å². The van der Waals surface area contributed by atoms with Gasteiger partial charge in [0, 0.05) is 46.6 Å². The Morgan fingerprint density at radius 1 is 0.600 bits per heavy atom. The summed E-state index contributed by atoms with van der Waals surface area (Å²) in [7, 11) is -6.43. The molecule has 2 unspecified atom stereocenters. The normalized spacial score (nSPS) is 14.6. The van der Waals surface area contributed by atoms with Gasteiger partial charge in [-0.1, -0.05) is 13.8 Å². The van der Waals surface area contributed by atoms with Crippen LogP contribution in [0.25, 0.3) is 0 Å². The van der Waals surface area contributed by atoms with Gasteiger partial charge in [0.25, 0.3) is 0 Å². The van der Waals surface area contributed by atoms with Gasteiger partial charge in [-0.15, -0.1) is 0 Å². The van der Waals surface area contributed by atoms with E-state index in [-0.39, 0.29) is 17.2 Å². The van der Waals surface area contributed by atoms with Crippen LogP contribution in [0.1, 0.15) is 75.2 Å². The van der Waals surface area contributed by atoms with Crippen LogP contribution in [0.2, 0.25) is 0 Å². The van der Waals surface area contributed by atoms with Crippen LogP contribution in [-0.4, -0.2) is 79.4 Å². The molecule has 0 rings (SSSR count). The lowest BCUT2D eigenvalue weighted by atomic mass is 10.3. The number of carbonyl (C=O) groups is 1. The lowest BCUT2D eigenvalue weighted by molar-refractivity contribution is -0.134. The van der Waals surface area contributed by atoms with Crippen LogP contribution in [0.3, 0.4) is 0 Å². The van der Waals surface area contributed by atoms with Crippen molar-refractivity contribution < 1.29 is 31.4 Å². The molecule has 0 aromatic heterocycles. The number of nitrogens with zero attached hydrogens (tertiary/aromatic N) is 1. The number of rotatable bonds is 18. The third kappa shape index (κ3) is 7.37. The Labute approximate surface area is 186 Å². The largest absolute Gasteiger partial charge is 0.524 e. The first-order valence-electron chi connectivity index (χ1n) is 11.5. The molecule has 0 fully saturated rings. The van der Waals surface area contributed by atoms with Crippen LogP contribution < -0.4 is 0 Å². The SMILES string of the molecule is CCO[Si](OCC)(OCC)C(CC)N(C(C)=O)C(CC)[Si](OCC)(OCC)OCC. The van der Waals surface area contributed by atoms with Crippen molar-refractivity contribution in [3.8, 4) is 0 Å². The minimum atomic E-state index is -3.22. The van der Waals surface area contributed by atoms with Gasteiger partial charge in [-0.05, 0) is 54.4 Å². The standard InChI is InChI=1S/C20H45NO7Si2/c1-10-19(29(23-12-3,24-13-4)25-14-5)21(18(9)22)20(11-2)30(26-15-6,27-16-7)28-17-8/h19-20H,10-17H2,1-9H3. The zero-order chi connectivity index (χ0) is 23.2. The minimum Gasteiger partial charge on any atom is -0.373 e. The summed E-state index contributed by atoms with van der Waals surface area (Å²) >= 11 is 0. The van der Waals surface area contributed by atoms with E-state index in [9.17, 15) is 4.79 Å². The quantitative estimate of drug-likeness (QED) is 0.285. The van der Waals surface area contributed by atoms with Crippen molar-refractivity contribution in [2.45, 2.75) is 86.5 Å². The fourth-order valence-corrected chi connectivity index (χ4v) is 10.5. The third-order valence-corrected chi connectivity index (χ3v) is 11.8. The van der Waals surface area contributed by atoms with Crippen LogP contribution in [0.4, 0.5) is 0 Å². The van der Waals surface area contributed by atoms with Crippen molar-refractivity contribution in [3.63, 3.8) is 0 Å². The first-order valence-corrected chi connectivity index (χ1v) is 15.1. The second kappa shape index (κ2) is 15.5. The van der Waals surface area contributed by atoms with E-state index in [4.69, 9.17) is 26.6 Å². The summed E-state index contributed by atoms with van der Waals surface area (Å²) in [6.07, 6.45) is 1.24. The predicted molar refractivity (Wildman–Crippen MR) is 122 cm³/mol. The molecule has 0 aliphatic heterocycles. The molecule has 0 saturated heterocycles. The smallest absolute Gasteiger partial charge is 0.373 e. The first-order chi connectivity index (χ1) is 14.3. The number of hydrogen-bond donors (Lipinski definition) is 0.